The van der Waals surface area contributed by atoms with Crippen LogP contribution in [0.15, 0.2) is 36.8 Å². The molecule has 3 aliphatic heterocycles. The fraction of sp³-hybridized carbons (Fsp3) is 0.500. The second-order valence-electron chi connectivity index (χ2n) is 10.2. The first kappa shape index (κ1) is 26.1. The van der Waals surface area contributed by atoms with E-state index in [0.717, 1.165) is 90.3 Å². The van der Waals surface area contributed by atoms with E-state index in [1.807, 2.05) is 24.7 Å². The number of nitrogens with zero attached hydrogens (tertiary/aromatic N) is 4. The summed E-state index contributed by atoms with van der Waals surface area (Å²) < 4.78 is 34.6. The molecular weight excluding hydrogens is 497 g/mol. The van der Waals surface area contributed by atoms with Gasteiger partial charge in [-0.05, 0) is 55.7 Å². The van der Waals surface area contributed by atoms with Crippen LogP contribution < -0.4 is 10.1 Å². The molecule has 0 saturated carbocycles. The predicted molar refractivity (Wildman–Crippen MR) is 148 cm³/mol. The summed E-state index contributed by atoms with van der Waals surface area (Å²) >= 11 is 0. The first-order valence-electron chi connectivity index (χ1n) is 14.3. The van der Waals surface area contributed by atoms with Crippen molar-refractivity contribution in [1.82, 2.24) is 25.1 Å². The molecule has 3 fully saturated rings. The molecular formula is C30H36FN5O3. The number of nitrogens with one attached hydrogen (secondary N) is 1. The molecule has 0 radical (unpaired) electrons. The van der Waals surface area contributed by atoms with Crippen LogP contribution >= 0.6 is 0 Å². The standard InChI is InChI=1S/C28H30FN5O3.C2H6/c29-20-9-19(12-30-14-20)26-22-10-18-13-32-34(25-3-1-2-6-36-25)24(18)11-23(22)28(37-21-15-31-16-21)33-27(26)17-4-7-35-8-5-17;1-2/h9-14,17,21,25,31H,1-8,15-16H2;1-2H3. The molecule has 6 heterocycles. The normalized spacial score (nSPS) is 20.4. The van der Waals surface area contributed by atoms with E-state index in [4.69, 9.17) is 24.3 Å². The Hall–Kier alpha value is -3.14. The lowest BCUT2D eigenvalue weighted by Gasteiger charge is -2.30. The maximum absolute atomic E-state index is 14.4. The van der Waals surface area contributed by atoms with Gasteiger partial charge in [0.15, 0.2) is 6.23 Å². The number of fused-ring (bicyclic) bond motifs is 2. The van der Waals surface area contributed by atoms with Crippen LogP contribution in [0.4, 0.5) is 4.39 Å². The van der Waals surface area contributed by atoms with Crippen LogP contribution in [-0.4, -0.2) is 58.8 Å². The van der Waals surface area contributed by atoms with Crippen LogP contribution in [0.1, 0.15) is 63.8 Å². The Balaban J connectivity index is 0.00000135. The van der Waals surface area contributed by atoms with Gasteiger partial charge >= 0.3 is 0 Å². The maximum Gasteiger partial charge on any atom is 0.222 e. The number of aromatic nitrogens is 4. The van der Waals surface area contributed by atoms with Crippen LogP contribution in [-0.2, 0) is 9.47 Å². The van der Waals surface area contributed by atoms with Crippen LogP contribution in [0.2, 0.25) is 0 Å². The average molecular weight is 534 g/mol. The van der Waals surface area contributed by atoms with Crippen molar-refractivity contribution in [3.8, 4) is 17.0 Å². The number of hydrogen-bond donors (Lipinski definition) is 1. The zero-order valence-corrected chi connectivity index (χ0v) is 22.7. The summed E-state index contributed by atoms with van der Waals surface area (Å²) in [6.45, 7) is 7.69. The number of rotatable bonds is 5. The molecule has 0 aliphatic carbocycles. The summed E-state index contributed by atoms with van der Waals surface area (Å²) in [5.41, 5.74) is 3.54. The van der Waals surface area contributed by atoms with Crippen LogP contribution in [0.3, 0.4) is 0 Å². The first-order valence-corrected chi connectivity index (χ1v) is 14.3. The molecule has 0 amide bonds. The molecule has 0 spiro atoms. The minimum Gasteiger partial charge on any atom is -0.471 e. The van der Waals surface area contributed by atoms with Gasteiger partial charge in [-0.1, -0.05) is 13.8 Å². The van der Waals surface area contributed by atoms with Gasteiger partial charge < -0.3 is 19.5 Å². The van der Waals surface area contributed by atoms with Crippen molar-refractivity contribution in [2.24, 2.45) is 0 Å². The molecule has 0 bridgehead atoms. The number of halogens is 1. The van der Waals surface area contributed by atoms with Crippen LogP contribution in [0.25, 0.3) is 32.8 Å². The van der Waals surface area contributed by atoms with E-state index in [1.165, 1.54) is 6.20 Å². The van der Waals surface area contributed by atoms with Gasteiger partial charge in [0.05, 0.1) is 23.6 Å². The molecule has 4 aromatic rings. The van der Waals surface area contributed by atoms with Crippen molar-refractivity contribution in [1.29, 1.82) is 0 Å². The highest BCUT2D eigenvalue weighted by Crippen LogP contribution is 2.43. The quantitative estimate of drug-likeness (QED) is 0.349. The number of hydrogen-bond acceptors (Lipinski definition) is 7. The molecule has 39 heavy (non-hydrogen) atoms. The second-order valence-corrected chi connectivity index (χ2v) is 10.2. The molecule has 9 heteroatoms. The van der Waals surface area contributed by atoms with Crippen molar-refractivity contribution in [3.63, 3.8) is 0 Å². The Labute approximate surface area is 227 Å². The zero-order chi connectivity index (χ0) is 26.8. The topological polar surface area (TPSA) is 83.3 Å². The van der Waals surface area contributed by atoms with E-state index in [1.54, 1.807) is 12.3 Å². The summed E-state index contributed by atoms with van der Waals surface area (Å²) in [7, 11) is 0. The molecule has 3 saturated heterocycles. The van der Waals surface area contributed by atoms with E-state index in [-0.39, 0.29) is 24.1 Å². The van der Waals surface area contributed by atoms with Crippen molar-refractivity contribution >= 4 is 21.7 Å². The van der Waals surface area contributed by atoms with Gasteiger partial charge in [0.1, 0.15) is 11.9 Å². The van der Waals surface area contributed by atoms with Gasteiger partial charge in [-0.25, -0.2) is 14.1 Å². The summed E-state index contributed by atoms with van der Waals surface area (Å²) in [6.07, 6.45) is 9.70. The Morgan fingerprint density at radius 1 is 0.974 bits per heavy atom. The largest absolute Gasteiger partial charge is 0.471 e. The third-order valence-electron chi connectivity index (χ3n) is 7.77. The molecule has 3 aromatic heterocycles. The van der Waals surface area contributed by atoms with Crippen molar-refractivity contribution in [2.75, 3.05) is 32.9 Å². The number of ether oxygens (including phenoxy) is 3. The summed E-state index contributed by atoms with van der Waals surface area (Å²) in [5, 5.41) is 10.9. The number of benzene rings is 1. The Kier molecular flexibility index (Phi) is 7.72. The van der Waals surface area contributed by atoms with E-state index >= 15 is 0 Å². The fourth-order valence-electron chi connectivity index (χ4n) is 5.70. The highest BCUT2D eigenvalue weighted by molar-refractivity contribution is 6.06. The smallest absolute Gasteiger partial charge is 0.222 e. The fourth-order valence-corrected chi connectivity index (χ4v) is 5.70. The lowest BCUT2D eigenvalue weighted by Crippen LogP contribution is -2.50. The zero-order valence-electron chi connectivity index (χ0n) is 22.7. The van der Waals surface area contributed by atoms with E-state index in [0.29, 0.717) is 19.1 Å². The lowest BCUT2D eigenvalue weighted by atomic mass is 9.87. The monoisotopic (exact) mass is 533 g/mol. The number of pyridine rings is 2. The molecule has 1 aromatic carbocycles. The van der Waals surface area contributed by atoms with Gasteiger partial charge in [0.25, 0.3) is 0 Å². The van der Waals surface area contributed by atoms with Crippen molar-refractivity contribution in [2.45, 2.75) is 64.2 Å². The second kappa shape index (κ2) is 11.5. The predicted octanol–water partition coefficient (Wildman–Crippen LogP) is 5.76. The highest BCUT2D eigenvalue weighted by Gasteiger charge is 2.29. The van der Waals surface area contributed by atoms with Gasteiger partial charge in [0.2, 0.25) is 5.88 Å². The Bertz CT molecular complexity index is 1440. The Morgan fingerprint density at radius 2 is 1.82 bits per heavy atom. The summed E-state index contributed by atoms with van der Waals surface area (Å²) in [6, 6.07) is 5.81. The minimum atomic E-state index is -0.368. The van der Waals surface area contributed by atoms with Gasteiger partial charge in [-0.3, -0.25) is 4.98 Å². The van der Waals surface area contributed by atoms with E-state index in [9.17, 15) is 4.39 Å². The molecule has 3 aliphatic rings. The minimum absolute atomic E-state index is 0.0715. The van der Waals surface area contributed by atoms with Crippen LogP contribution in [0, 0.1) is 5.82 Å². The van der Waals surface area contributed by atoms with Crippen LogP contribution in [0.5, 0.6) is 5.88 Å². The highest BCUT2D eigenvalue weighted by atomic mass is 19.1. The first-order chi connectivity index (χ1) is 19.2. The molecule has 1 unspecified atom stereocenters. The molecule has 206 valence electrons. The van der Waals surface area contributed by atoms with Gasteiger partial charge in [0, 0.05) is 66.9 Å². The van der Waals surface area contributed by atoms with E-state index in [2.05, 4.69) is 22.4 Å². The van der Waals surface area contributed by atoms with Gasteiger partial charge in [-0.15, -0.1) is 0 Å². The molecule has 1 N–H and O–H groups in total. The summed E-state index contributed by atoms with van der Waals surface area (Å²) in [4.78, 5) is 9.34. The van der Waals surface area contributed by atoms with Crippen molar-refractivity contribution < 1.29 is 18.6 Å². The SMILES string of the molecule is CC.Fc1cncc(-c2c(C3CCOCC3)nc(OC3CNC3)c3cc4c(cnn4C4CCCCO4)cc23)c1. The third-order valence-corrected chi connectivity index (χ3v) is 7.77. The van der Waals surface area contributed by atoms with Crippen molar-refractivity contribution in [3.05, 3.63) is 48.3 Å². The third kappa shape index (κ3) is 5.11. The Morgan fingerprint density at radius 3 is 2.54 bits per heavy atom. The molecule has 7 rings (SSSR count). The maximum atomic E-state index is 14.4. The molecule has 1 atom stereocenters. The van der Waals surface area contributed by atoms with E-state index < -0.39 is 0 Å². The van der Waals surface area contributed by atoms with Gasteiger partial charge in [-0.2, -0.15) is 5.10 Å². The lowest BCUT2D eigenvalue weighted by molar-refractivity contribution is -0.0366. The molecule has 8 nitrogen and oxygen atoms in total. The summed E-state index contributed by atoms with van der Waals surface area (Å²) in [5.74, 6) is 0.440. The average Bonchev–Trinajstić information content (AvgIpc) is 3.38.